The van der Waals surface area contributed by atoms with Crippen molar-refractivity contribution < 1.29 is 4.74 Å². The van der Waals surface area contributed by atoms with Gasteiger partial charge in [0.25, 0.3) is 0 Å². The molecule has 0 saturated heterocycles. The van der Waals surface area contributed by atoms with Crippen LogP contribution in [0.25, 0.3) is 21.7 Å². The molecule has 0 amide bonds. The molecule has 1 heterocycles. The zero-order valence-corrected chi connectivity index (χ0v) is 20.6. The van der Waals surface area contributed by atoms with Crippen molar-refractivity contribution in [3.63, 3.8) is 0 Å². The summed E-state index contributed by atoms with van der Waals surface area (Å²) >= 11 is 1.61. The Bertz CT molecular complexity index is 1180. The minimum absolute atomic E-state index is 0.762. The van der Waals surface area contributed by atoms with Crippen molar-refractivity contribution in [2.45, 2.75) is 39.5 Å². The molecule has 0 aliphatic rings. The summed E-state index contributed by atoms with van der Waals surface area (Å²) < 4.78 is 5.82. The average Bonchev–Trinajstić information content (AvgIpc) is 3.30. The molecule has 174 valence electrons. The quantitative estimate of drug-likeness (QED) is 0.137. The first kappa shape index (κ1) is 23.7. The molecule has 4 rings (SSSR count). The lowest BCUT2D eigenvalue weighted by atomic mass is 10.1. The molecule has 5 heteroatoms. The summed E-state index contributed by atoms with van der Waals surface area (Å²) in [5.74, 6) is 0.900. The van der Waals surface area contributed by atoms with Gasteiger partial charge in [-0.1, -0.05) is 97.7 Å². The van der Waals surface area contributed by atoms with Crippen molar-refractivity contribution >= 4 is 22.7 Å². The van der Waals surface area contributed by atoms with Gasteiger partial charge in [0.15, 0.2) is 0 Å². The highest BCUT2D eigenvalue weighted by Gasteiger charge is 2.14. The number of hydrogen-bond acceptors (Lipinski definition) is 5. The molecule has 4 aromatic rings. The van der Waals surface area contributed by atoms with E-state index in [-0.39, 0.29) is 0 Å². The van der Waals surface area contributed by atoms with Gasteiger partial charge >= 0.3 is 0 Å². The lowest BCUT2D eigenvalue weighted by molar-refractivity contribution is 0.305. The van der Waals surface area contributed by atoms with E-state index in [0.29, 0.717) is 0 Å². The lowest BCUT2D eigenvalue weighted by Crippen LogP contribution is -1.97. The molecule has 0 saturated carbocycles. The smallest absolute Gasteiger partial charge is 0.204 e. The van der Waals surface area contributed by atoms with Gasteiger partial charge in [-0.25, -0.2) is 4.98 Å². The second-order valence-electron chi connectivity index (χ2n) is 8.28. The second kappa shape index (κ2) is 12.1. The number of aryl methyl sites for hydroxylation is 1. The third-order valence-corrected chi connectivity index (χ3v) is 6.52. The average molecular weight is 470 g/mol. The van der Waals surface area contributed by atoms with E-state index in [0.717, 1.165) is 51.2 Å². The number of nitrogens with one attached hydrogen (secondary N) is 1. The summed E-state index contributed by atoms with van der Waals surface area (Å²) in [7, 11) is 0. The Kier molecular flexibility index (Phi) is 8.47. The van der Waals surface area contributed by atoms with Crippen LogP contribution in [0.5, 0.6) is 5.75 Å². The Labute approximate surface area is 206 Å². The summed E-state index contributed by atoms with van der Waals surface area (Å²) in [5, 5.41) is 5.19. The molecule has 0 fully saturated rings. The van der Waals surface area contributed by atoms with Crippen LogP contribution in [-0.2, 0) is 0 Å². The van der Waals surface area contributed by atoms with Gasteiger partial charge in [-0.3, -0.25) is 5.43 Å². The molecular weight excluding hydrogens is 438 g/mol. The predicted molar refractivity (Wildman–Crippen MR) is 145 cm³/mol. The minimum atomic E-state index is 0.762. The van der Waals surface area contributed by atoms with Gasteiger partial charge in [-0.2, -0.15) is 5.10 Å². The molecule has 0 bridgehead atoms. The molecule has 3 aromatic carbocycles. The minimum Gasteiger partial charge on any atom is -0.494 e. The summed E-state index contributed by atoms with van der Waals surface area (Å²) in [6.07, 6.45) is 6.64. The topological polar surface area (TPSA) is 46.5 Å². The van der Waals surface area contributed by atoms with Crippen molar-refractivity contribution in [2.24, 2.45) is 5.10 Å². The first-order valence-electron chi connectivity index (χ1n) is 11.9. The number of ether oxygens (including phenoxy) is 1. The van der Waals surface area contributed by atoms with Crippen LogP contribution >= 0.6 is 11.3 Å². The number of hydrazone groups is 1. The van der Waals surface area contributed by atoms with Crippen molar-refractivity contribution in [1.29, 1.82) is 0 Å². The van der Waals surface area contributed by atoms with Crippen molar-refractivity contribution in [3.8, 4) is 27.4 Å². The monoisotopic (exact) mass is 469 g/mol. The van der Waals surface area contributed by atoms with Gasteiger partial charge in [0.05, 0.1) is 23.4 Å². The molecular formula is C29H31N3OS. The standard InChI is InChI=1S/C29H31N3OS/c1-3-4-5-9-20-33-26-18-14-23(15-19-26)21-30-32-29-31-27(24-16-12-22(2)13-17-24)28(34-29)25-10-7-6-8-11-25/h6-8,10-19,21H,3-5,9,20H2,1-2H3,(H,31,32)/b30-21-. The summed E-state index contributed by atoms with van der Waals surface area (Å²) in [6.45, 7) is 5.08. The third-order valence-electron chi connectivity index (χ3n) is 5.51. The Morgan fingerprint density at radius 1 is 0.882 bits per heavy atom. The first-order chi connectivity index (χ1) is 16.7. The highest BCUT2D eigenvalue weighted by Crippen LogP contribution is 2.39. The summed E-state index contributed by atoms with van der Waals surface area (Å²) in [4.78, 5) is 5.99. The fraction of sp³-hybridized carbons (Fsp3) is 0.241. The summed E-state index contributed by atoms with van der Waals surface area (Å²) in [6, 6.07) is 26.9. The van der Waals surface area contributed by atoms with E-state index in [2.05, 4.69) is 72.9 Å². The molecule has 4 nitrogen and oxygen atoms in total. The maximum atomic E-state index is 5.82. The maximum Gasteiger partial charge on any atom is 0.204 e. The van der Waals surface area contributed by atoms with Gasteiger partial charge in [0, 0.05) is 5.56 Å². The number of anilines is 1. The second-order valence-corrected chi connectivity index (χ2v) is 9.28. The van der Waals surface area contributed by atoms with Gasteiger partial charge in [-0.05, 0) is 48.7 Å². The molecule has 1 aromatic heterocycles. The van der Waals surface area contributed by atoms with E-state index in [1.54, 1.807) is 17.6 Å². The van der Waals surface area contributed by atoms with Crippen LogP contribution in [0.4, 0.5) is 5.13 Å². The number of nitrogens with zero attached hydrogens (tertiary/aromatic N) is 2. The predicted octanol–water partition coefficient (Wildman–Crippen LogP) is 8.19. The van der Waals surface area contributed by atoms with Crippen LogP contribution in [0.15, 0.2) is 84.0 Å². The van der Waals surface area contributed by atoms with Crippen LogP contribution in [0, 0.1) is 6.92 Å². The van der Waals surface area contributed by atoms with E-state index in [1.807, 2.05) is 30.3 Å². The first-order valence-corrected chi connectivity index (χ1v) is 12.7. The van der Waals surface area contributed by atoms with Gasteiger partial charge in [0.1, 0.15) is 5.75 Å². The summed E-state index contributed by atoms with van der Waals surface area (Å²) in [5.41, 5.74) is 8.57. The van der Waals surface area contributed by atoms with Crippen LogP contribution in [0.1, 0.15) is 43.7 Å². The van der Waals surface area contributed by atoms with E-state index in [1.165, 1.54) is 24.8 Å². The van der Waals surface area contributed by atoms with E-state index < -0.39 is 0 Å². The highest BCUT2D eigenvalue weighted by molar-refractivity contribution is 7.19. The number of aromatic nitrogens is 1. The SMILES string of the molecule is CCCCCCOc1ccc(/C=N\Nc2nc(-c3ccc(C)cc3)c(-c3ccccc3)s2)cc1. The van der Waals surface area contributed by atoms with E-state index >= 15 is 0 Å². The zero-order chi connectivity index (χ0) is 23.6. The Hall–Kier alpha value is -3.44. The Morgan fingerprint density at radius 2 is 1.65 bits per heavy atom. The number of unbranched alkanes of at least 4 members (excludes halogenated alkanes) is 3. The van der Waals surface area contributed by atoms with Crippen molar-refractivity contribution in [1.82, 2.24) is 4.98 Å². The molecule has 34 heavy (non-hydrogen) atoms. The molecule has 0 spiro atoms. The Morgan fingerprint density at radius 3 is 2.38 bits per heavy atom. The normalized spacial score (nSPS) is 11.1. The number of hydrogen-bond donors (Lipinski definition) is 1. The van der Waals surface area contributed by atoms with Gasteiger partial charge in [-0.15, -0.1) is 0 Å². The molecule has 0 atom stereocenters. The molecule has 0 unspecified atom stereocenters. The highest BCUT2D eigenvalue weighted by atomic mass is 32.1. The van der Waals surface area contributed by atoms with Crippen LogP contribution in [0.3, 0.4) is 0 Å². The maximum absolute atomic E-state index is 5.82. The van der Waals surface area contributed by atoms with Gasteiger partial charge < -0.3 is 4.74 Å². The van der Waals surface area contributed by atoms with Crippen LogP contribution in [0.2, 0.25) is 0 Å². The van der Waals surface area contributed by atoms with Crippen LogP contribution < -0.4 is 10.2 Å². The molecule has 0 aliphatic carbocycles. The zero-order valence-electron chi connectivity index (χ0n) is 19.8. The number of benzene rings is 3. The van der Waals surface area contributed by atoms with Crippen molar-refractivity contribution in [3.05, 3.63) is 90.0 Å². The third kappa shape index (κ3) is 6.55. The largest absolute Gasteiger partial charge is 0.494 e. The fourth-order valence-electron chi connectivity index (χ4n) is 3.59. The number of rotatable bonds is 11. The number of thiazole rings is 1. The van der Waals surface area contributed by atoms with Crippen molar-refractivity contribution in [2.75, 3.05) is 12.0 Å². The Balaban J connectivity index is 1.43. The molecule has 1 N–H and O–H groups in total. The molecule has 0 aliphatic heterocycles. The fourth-order valence-corrected chi connectivity index (χ4v) is 4.53. The lowest BCUT2D eigenvalue weighted by Gasteiger charge is -2.05. The van der Waals surface area contributed by atoms with Crippen LogP contribution in [-0.4, -0.2) is 17.8 Å². The molecule has 0 radical (unpaired) electrons. The van der Waals surface area contributed by atoms with E-state index in [9.17, 15) is 0 Å². The van der Waals surface area contributed by atoms with E-state index in [4.69, 9.17) is 9.72 Å². The van der Waals surface area contributed by atoms with Gasteiger partial charge in [0.2, 0.25) is 5.13 Å².